The van der Waals surface area contributed by atoms with E-state index >= 15 is 0 Å². The maximum absolute atomic E-state index is 12.7. The second kappa shape index (κ2) is 8.55. The number of imide groups is 1. The summed E-state index contributed by atoms with van der Waals surface area (Å²) in [5.74, 6) is -0.741. The Morgan fingerprint density at radius 2 is 1.71 bits per heavy atom. The van der Waals surface area contributed by atoms with Crippen molar-refractivity contribution in [3.63, 3.8) is 0 Å². The first-order valence-electron chi connectivity index (χ1n) is 10.2. The lowest BCUT2D eigenvalue weighted by Gasteiger charge is -2.15. The Hall–Kier alpha value is -3.74. The van der Waals surface area contributed by atoms with Crippen LogP contribution in [-0.4, -0.2) is 27.5 Å². The summed E-state index contributed by atoms with van der Waals surface area (Å²) < 4.78 is 1.94. The predicted molar refractivity (Wildman–Crippen MR) is 117 cm³/mol. The highest BCUT2D eigenvalue weighted by atomic mass is 16.2. The van der Waals surface area contributed by atoms with E-state index in [-0.39, 0.29) is 30.6 Å². The Morgan fingerprint density at radius 1 is 1.00 bits per heavy atom. The molecule has 31 heavy (non-hydrogen) atoms. The van der Waals surface area contributed by atoms with E-state index in [0.29, 0.717) is 24.3 Å². The number of aromatic nitrogens is 2. The van der Waals surface area contributed by atoms with Crippen LogP contribution in [0.25, 0.3) is 0 Å². The fraction of sp³-hybridized carbons (Fsp3) is 0.250. The van der Waals surface area contributed by atoms with Gasteiger partial charge in [0.15, 0.2) is 0 Å². The van der Waals surface area contributed by atoms with Crippen molar-refractivity contribution < 1.29 is 14.4 Å². The van der Waals surface area contributed by atoms with E-state index in [2.05, 4.69) is 22.5 Å². The van der Waals surface area contributed by atoms with Gasteiger partial charge in [-0.15, -0.1) is 0 Å². The lowest BCUT2D eigenvalue weighted by Crippen LogP contribution is -2.29. The van der Waals surface area contributed by atoms with Crippen LogP contribution in [0.1, 0.15) is 45.7 Å². The number of carbonyl (C=O) groups is 3. The zero-order valence-corrected chi connectivity index (χ0v) is 17.6. The zero-order chi connectivity index (χ0) is 22.0. The molecule has 1 saturated heterocycles. The largest absolute Gasteiger partial charge is 0.348 e. The molecular formula is C24H24N4O3. The number of amides is 3. The molecule has 1 fully saturated rings. The number of hydrogen-bond donors (Lipinski definition) is 1. The maximum Gasteiger partial charge on any atom is 0.251 e. The van der Waals surface area contributed by atoms with Crippen LogP contribution >= 0.6 is 0 Å². The lowest BCUT2D eigenvalue weighted by molar-refractivity contribution is -0.121. The first-order chi connectivity index (χ1) is 14.9. The molecule has 1 aromatic heterocycles. The van der Waals surface area contributed by atoms with Crippen LogP contribution in [0.5, 0.6) is 0 Å². The van der Waals surface area contributed by atoms with Crippen molar-refractivity contribution in [2.45, 2.75) is 39.8 Å². The Kier molecular flexibility index (Phi) is 5.66. The number of hydrogen-bond acceptors (Lipinski definition) is 4. The van der Waals surface area contributed by atoms with E-state index in [4.69, 9.17) is 0 Å². The van der Waals surface area contributed by atoms with Gasteiger partial charge in [0.1, 0.15) is 0 Å². The van der Waals surface area contributed by atoms with Crippen molar-refractivity contribution in [3.05, 3.63) is 82.7 Å². The summed E-state index contributed by atoms with van der Waals surface area (Å²) in [4.78, 5) is 37.9. The fourth-order valence-electron chi connectivity index (χ4n) is 3.82. The van der Waals surface area contributed by atoms with Crippen LogP contribution in [-0.2, 0) is 22.7 Å². The third kappa shape index (κ3) is 4.26. The maximum atomic E-state index is 12.7. The highest BCUT2D eigenvalue weighted by molar-refractivity contribution is 6.20. The van der Waals surface area contributed by atoms with E-state index < -0.39 is 0 Å². The molecule has 7 heteroatoms. The molecule has 3 amide bonds. The van der Waals surface area contributed by atoms with Crippen molar-refractivity contribution in [3.8, 4) is 0 Å². The topological polar surface area (TPSA) is 84.3 Å². The van der Waals surface area contributed by atoms with Gasteiger partial charge in [-0.05, 0) is 37.6 Å². The molecule has 0 radical (unpaired) electrons. The minimum atomic E-state index is -0.268. The van der Waals surface area contributed by atoms with E-state index in [9.17, 15) is 14.4 Å². The standard InChI is InChI=1S/C24H24N4O3/c1-16-21(17(2)27(26-16)15-18-7-4-3-5-8-18)14-25-24(31)19-9-6-10-20(13-19)28-22(29)11-12-23(28)30/h3-10,13H,11-12,14-15H2,1-2H3,(H,25,31). The predicted octanol–water partition coefficient (Wildman–Crippen LogP) is 3.13. The molecule has 2 heterocycles. The minimum Gasteiger partial charge on any atom is -0.348 e. The fourth-order valence-corrected chi connectivity index (χ4v) is 3.82. The first-order valence-corrected chi connectivity index (χ1v) is 10.2. The number of nitrogens with one attached hydrogen (secondary N) is 1. The van der Waals surface area contributed by atoms with Gasteiger partial charge in [-0.2, -0.15) is 5.10 Å². The molecule has 0 bridgehead atoms. The van der Waals surface area contributed by atoms with Gasteiger partial charge in [-0.25, -0.2) is 0 Å². The number of aryl methyl sites for hydroxylation is 1. The second-order valence-corrected chi connectivity index (χ2v) is 7.65. The molecule has 1 aliphatic rings. The van der Waals surface area contributed by atoms with E-state index in [1.165, 1.54) is 0 Å². The molecule has 3 aromatic rings. The third-order valence-electron chi connectivity index (χ3n) is 5.55. The van der Waals surface area contributed by atoms with Crippen LogP contribution in [0.3, 0.4) is 0 Å². The summed E-state index contributed by atoms with van der Waals surface area (Å²) in [6.07, 6.45) is 0.418. The third-order valence-corrected chi connectivity index (χ3v) is 5.55. The Labute approximate surface area is 180 Å². The summed E-state index contributed by atoms with van der Waals surface area (Å²) in [6.45, 7) is 4.94. The van der Waals surface area contributed by atoms with E-state index in [1.807, 2.05) is 36.7 Å². The van der Waals surface area contributed by atoms with Gasteiger partial charge in [-0.3, -0.25) is 24.0 Å². The van der Waals surface area contributed by atoms with Crippen molar-refractivity contribution in [1.29, 1.82) is 0 Å². The molecule has 0 unspecified atom stereocenters. The second-order valence-electron chi connectivity index (χ2n) is 7.65. The Bertz CT molecular complexity index is 1130. The molecule has 0 saturated carbocycles. The van der Waals surface area contributed by atoms with Gasteiger partial charge in [0.05, 0.1) is 17.9 Å². The summed E-state index contributed by atoms with van der Waals surface area (Å²) in [7, 11) is 0. The highest BCUT2D eigenvalue weighted by Crippen LogP contribution is 2.23. The molecule has 0 spiro atoms. The van der Waals surface area contributed by atoms with Gasteiger partial charge >= 0.3 is 0 Å². The average molecular weight is 416 g/mol. The van der Waals surface area contributed by atoms with Gasteiger partial charge in [0.25, 0.3) is 5.91 Å². The number of anilines is 1. The Morgan fingerprint density at radius 3 is 2.42 bits per heavy atom. The van der Waals surface area contributed by atoms with Gasteiger partial charge in [0, 0.05) is 36.2 Å². The molecule has 1 N–H and O–H groups in total. The van der Waals surface area contributed by atoms with E-state index in [1.54, 1.807) is 24.3 Å². The van der Waals surface area contributed by atoms with Crippen molar-refractivity contribution >= 4 is 23.4 Å². The first kappa shape index (κ1) is 20.5. The molecule has 1 aliphatic heterocycles. The summed E-state index contributed by atoms with van der Waals surface area (Å²) in [6, 6.07) is 16.7. The molecule has 0 aliphatic carbocycles. The van der Waals surface area contributed by atoms with Crippen LogP contribution < -0.4 is 10.2 Å². The normalized spacial score (nSPS) is 13.7. The average Bonchev–Trinajstić information content (AvgIpc) is 3.24. The van der Waals surface area contributed by atoms with Crippen molar-refractivity contribution in [2.75, 3.05) is 4.90 Å². The molecule has 2 aromatic carbocycles. The quantitative estimate of drug-likeness (QED) is 0.626. The summed E-state index contributed by atoms with van der Waals surface area (Å²) >= 11 is 0. The zero-order valence-electron chi connectivity index (χ0n) is 17.6. The Balaban J connectivity index is 1.46. The molecular weight excluding hydrogens is 392 g/mol. The summed E-state index contributed by atoms with van der Waals surface area (Å²) in [5.41, 5.74) is 4.84. The van der Waals surface area contributed by atoms with Crippen LogP contribution in [0.2, 0.25) is 0 Å². The molecule has 0 atom stereocenters. The smallest absolute Gasteiger partial charge is 0.251 e. The number of rotatable bonds is 6. The van der Waals surface area contributed by atoms with Crippen LogP contribution in [0, 0.1) is 13.8 Å². The molecule has 7 nitrogen and oxygen atoms in total. The van der Waals surface area contributed by atoms with Crippen LogP contribution in [0.4, 0.5) is 5.69 Å². The molecule has 158 valence electrons. The number of carbonyl (C=O) groups excluding carboxylic acids is 3. The monoisotopic (exact) mass is 416 g/mol. The van der Waals surface area contributed by atoms with Crippen LogP contribution in [0.15, 0.2) is 54.6 Å². The van der Waals surface area contributed by atoms with Gasteiger partial charge in [0.2, 0.25) is 11.8 Å². The van der Waals surface area contributed by atoms with Crippen molar-refractivity contribution in [2.24, 2.45) is 0 Å². The molecule has 4 rings (SSSR count). The lowest BCUT2D eigenvalue weighted by atomic mass is 10.1. The van der Waals surface area contributed by atoms with Crippen molar-refractivity contribution in [1.82, 2.24) is 15.1 Å². The SMILES string of the molecule is Cc1nn(Cc2ccccc2)c(C)c1CNC(=O)c1cccc(N2C(=O)CCC2=O)c1. The highest BCUT2D eigenvalue weighted by Gasteiger charge is 2.30. The van der Waals surface area contributed by atoms with E-state index in [0.717, 1.165) is 27.4 Å². The number of nitrogens with zero attached hydrogens (tertiary/aromatic N) is 3. The number of benzene rings is 2. The minimum absolute atomic E-state index is 0.209. The van der Waals surface area contributed by atoms with Gasteiger partial charge < -0.3 is 5.32 Å². The van der Waals surface area contributed by atoms with Gasteiger partial charge in [-0.1, -0.05) is 36.4 Å². The summed E-state index contributed by atoms with van der Waals surface area (Å²) in [5, 5.41) is 7.56.